The van der Waals surface area contributed by atoms with Crippen LogP contribution in [0.25, 0.3) is 6.08 Å². The van der Waals surface area contributed by atoms with Crippen LogP contribution in [0.4, 0.5) is 0 Å². The number of benzene rings is 1. The first-order valence-electron chi connectivity index (χ1n) is 7.43. The smallest absolute Gasteiger partial charge is 0.338 e. The number of carbonyl (C=O) groups excluding carboxylic acids is 2. The van der Waals surface area contributed by atoms with Gasteiger partial charge in [-0.25, -0.2) is 9.48 Å². The maximum Gasteiger partial charge on any atom is 0.338 e. The Morgan fingerprint density at radius 1 is 1.29 bits per heavy atom. The van der Waals surface area contributed by atoms with Gasteiger partial charge in [0, 0.05) is 5.69 Å². The largest absolute Gasteiger partial charge is 0.462 e. The Kier molecular flexibility index (Phi) is 5.27. The molecule has 0 bridgehead atoms. The Bertz CT molecular complexity index is 839. The number of nitrogens with zero attached hydrogens (tertiary/aromatic N) is 3. The van der Waals surface area contributed by atoms with E-state index >= 15 is 0 Å². The molecular weight excluding hydrogens is 306 g/mol. The van der Waals surface area contributed by atoms with Crippen LogP contribution in [0.3, 0.4) is 0 Å². The Morgan fingerprint density at radius 3 is 2.46 bits per heavy atom. The van der Waals surface area contributed by atoms with Crippen molar-refractivity contribution in [2.45, 2.75) is 20.8 Å². The zero-order valence-electron chi connectivity index (χ0n) is 13.7. The summed E-state index contributed by atoms with van der Waals surface area (Å²) in [5.74, 6) is -0.898. The summed E-state index contributed by atoms with van der Waals surface area (Å²) in [5.41, 5.74) is 2.38. The van der Waals surface area contributed by atoms with Crippen LogP contribution in [-0.2, 0) is 4.74 Å². The van der Waals surface area contributed by atoms with Crippen LogP contribution in [0, 0.1) is 25.2 Å². The second-order valence-corrected chi connectivity index (χ2v) is 5.16. The van der Waals surface area contributed by atoms with Crippen LogP contribution in [-0.4, -0.2) is 28.3 Å². The van der Waals surface area contributed by atoms with Crippen molar-refractivity contribution >= 4 is 18.0 Å². The molecule has 0 saturated carbocycles. The summed E-state index contributed by atoms with van der Waals surface area (Å²) in [7, 11) is 0. The number of allylic oxidation sites excluding steroid dienone is 1. The van der Waals surface area contributed by atoms with Gasteiger partial charge in [0.2, 0.25) is 0 Å². The van der Waals surface area contributed by atoms with E-state index in [-0.39, 0.29) is 5.57 Å². The molecule has 0 fully saturated rings. The minimum atomic E-state index is -0.488. The van der Waals surface area contributed by atoms with Gasteiger partial charge < -0.3 is 4.74 Å². The minimum Gasteiger partial charge on any atom is -0.462 e. The van der Waals surface area contributed by atoms with E-state index in [1.54, 1.807) is 51.1 Å². The molecule has 1 heterocycles. The highest BCUT2D eigenvalue weighted by molar-refractivity contribution is 6.03. The van der Waals surface area contributed by atoms with Crippen LogP contribution in [0.15, 0.2) is 35.9 Å². The predicted molar refractivity (Wildman–Crippen MR) is 88.3 cm³/mol. The van der Waals surface area contributed by atoms with Crippen LogP contribution in [0.2, 0.25) is 0 Å². The lowest BCUT2D eigenvalue weighted by Crippen LogP contribution is -2.15. The molecule has 0 atom stereocenters. The van der Waals surface area contributed by atoms with Crippen LogP contribution < -0.4 is 0 Å². The van der Waals surface area contributed by atoms with E-state index in [1.165, 1.54) is 10.8 Å². The molecule has 1 aromatic heterocycles. The van der Waals surface area contributed by atoms with E-state index in [4.69, 9.17) is 4.74 Å². The number of rotatable bonds is 4. The van der Waals surface area contributed by atoms with Crippen molar-refractivity contribution in [3.63, 3.8) is 0 Å². The lowest BCUT2D eigenvalue weighted by molar-refractivity contribution is 0.0526. The van der Waals surface area contributed by atoms with E-state index < -0.39 is 11.9 Å². The molecule has 0 aliphatic rings. The van der Waals surface area contributed by atoms with Gasteiger partial charge in [0.15, 0.2) is 0 Å². The fourth-order valence-corrected chi connectivity index (χ4v) is 2.19. The van der Waals surface area contributed by atoms with Crippen molar-refractivity contribution in [1.29, 1.82) is 5.26 Å². The van der Waals surface area contributed by atoms with Gasteiger partial charge in [-0.2, -0.15) is 10.4 Å². The molecule has 122 valence electrons. The van der Waals surface area contributed by atoms with E-state index in [0.717, 1.165) is 0 Å². The van der Waals surface area contributed by atoms with Gasteiger partial charge in [0.25, 0.3) is 5.91 Å². The maximum absolute atomic E-state index is 12.4. The normalized spacial score (nSPS) is 11.0. The quantitative estimate of drug-likeness (QED) is 0.490. The molecular formula is C18H17N3O3. The molecule has 2 rings (SSSR count). The zero-order chi connectivity index (χ0) is 17.7. The summed E-state index contributed by atoms with van der Waals surface area (Å²) in [4.78, 5) is 24.0. The lowest BCUT2D eigenvalue weighted by atomic mass is 10.1. The van der Waals surface area contributed by atoms with Crippen molar-refractivity contribution in [2.75, 3.05) is 6.61 Å². The van der Waals surface area contributed by atoms with Gasteiger partial charge in [-0.3, -0.25) is 4.79 Å². The minimum absolute atomic E-state index is 0.0370. The summed E-state index contributed by atoms with van der Waals surface area (Å²) < 4.78 is 6.11. The average molecular weight is 323 g/mol. The van der Waals surface area contributed by atoms with E-state index in [1.807, 2.05) is 6.07 Å². The molecule has 0 radical (unpaired) electrons. The van der Waals surface area contributed by atoms with E-state index in [2.05, 4.69) is 5.10 Å². The van der Waals surface area contributed by atoms with Crippen LogP contribution in [0.5, 0.6) is 0 Å². The molecule has 0 spiro atoms. The first-order valence-corrected chi connectivity index (χ1v) is 7.43. The highest BCUT2D eigenvalue weighted by Crippen LogP contribution is 2.12. The molecule has 0 aliphatic carbocycles. The van der Waals surface area contributed by atoms with E-state index in [0.29, 0.717) is 29.1 Å². The molecule has 24 heavy (non-hydrogen) atoms. The first kappa shape index (κ1) is 17.2. The monoisotopic (exact) mass is 323 g/mol. The average Bonchev–Trinajstić information content (AvgIpc) is 2.91. The molecule has 2 aromatic rings. The number of esters is 1. The summed E-state index contributed by atoms with van der Waals surface area (Å²) in [6.07, 6.45) is 1.47. The molecule has 0 amide bonds. The number of ether oxygens (including phenoxy) is 1. The number of carbonyl (C=O) groups is 2. The highest BCUT2D eigenvalue weighted by Gasteiger charge is 2.15. The van der Waals surface area contributed by atoms with Crippen molar-refractivity contribution in [3.05, 3.63) is 58.4 Å². The van der Waals surface area contributed by atoms with E-state index in [9.17, 15) is 14.9 Å². The fourth-order valence-electron chi connectivity index (χ4n) is 2.19. The third kappa shape index (κ3) is 3.76. The van der Waals surface area contributed by atoms with Crippen molar-refractivity contribution in [2.24, 2.45) is 0 Å². The number of nitriles is 1. The molecule has 6 heteroatoms. The molecule has 0 saturated heterocycles. The molecule has 0 N–H and O–H groups in total. The SMILES string of the molecule is CCOC(=O)c1ccc(/C=C(\C#N)C(=O)n2nc(C)cc2C)cc1. The molecule has 0 aliphatic heterocycles. The van der Waals surface area contributed by atoms with Gasteiger partial charge in [-0.05, 0) is 50.6 Å². The number of aryl methyl sites for hydroxylation is 2. The fraction of sp³-hybridized carbons (Fsp3) is 0.222. The lowest BCUT2D eigenvalue weighted by Gasteiger charge is -2.03. The summed E-state index contributed by atoms with van der Waals surface area (Å²) in [6.45, 7) is 5.57. The van der Waals surface area contributed by atoms with Gasteiger partial charge >= 0.3 is 5.97 Å². The molecule has 1 aromatic carbocycles. The Hall–Kier alpha value is -3.20. The molecule has 6 nitrogen and oxygen atoms in total. The van der Waals surface area contributed by atoms with Crippen molar-refractivity contribution in [3.8, 4) is 6.07 Å². The Morgan fingerprint density at radius 2 is 1.96 bits per heavy atom. The second kappa shape index (κ2) is 7.38. The maximum atomic E-state index is 12.4. The van der Waals surface area contributed by atoms with Crippen LogP contribution in [0.1, 0.15) is 39.0 Å². The Balaban J connectivity index is 2.27. The topological polar surface area (TPSA) is 85.0 Å². The van der Waals surface area contributed by atoms with Gasteiger partial charge in [0.05, 0.1) is 17.9 Å². The summed E-state index contributed by atoms with van der Waals surface area (Å²) in [5, 5.41) is 13.4. The highest BCUT2D eigenvalue weighted by atomic mass is 16.5. The van der Waals surface area contributed by atoms with Crippen molar-refractivity contribution < 1.29 is 14.3 Å². The third-order valence-corrected chi connectivity index (χ3v) is 3.29. The van der Waals surface area contributed by atoms with Gasteiger partial charge in [-0.15, -0.1) is 0 Å². The summed E-state index contributed by atoms with van der Waals surface area (Å²) in [6, 6.07) is 10.1. The zero-order valence-corrected chi connectivity index (χ0v) is 13.7. The summed E-state index contributed by atoms with van der Waals surface area (Å²) >= 11 is 0. The standard InChI is InChI=1S/C18H17N3O3/c1-4-24-18(23)15-7-5-14(6-8-15)10-16(11-19)17(22)21-13(3)9-12(2)20-21/h5-10H,4H2,1-3H3/b16-10+. The number of hydrogen-bond donors (Lipinski definition) is 0. The Labute approximate surface area is 140 Å². The molecule has 0 unspecified atom stereocenters. The third-order valence-electron chi connectivity index (χ3n) is 3.29. The van der Waals surface area contributed by atoms with Gasteiger partial charge in [0.1, 0.15) is 11.6 Å². The number of hydrogen-bond acceptors (Lipinski definition) is 5. The second-order valence-electron chi connectivity index (χ2n) is 5.16. The predicted octanol–water partition coefficient (Wildman–Crippen LogP) is 2.92. The number of aromatic nitrogens is 2. The van der Waals surface area contributed by atoms with Crippen LogP contribution >= 0.6 is 0 Å². The van der Waals surface area contributed by atoms with Crippen molar-refractivity contribution in [1.82, 2.24) is 9.78 Å². The van der Waals surface area contributed by atoms with Gasteiger partial charge in [-0.1, -0.05) is 12.1 Å². The first-order chi connectivity index (χ1) is 11.5.